The first kappa shape index (κ1) is 16.8. The van der Waals surface area contributed by atoms with E-state index in [0.29, 0.717) is 13.0 Å². The smallest absolute Gasteiger partial charge is 0.411 e. The van der Waals surface area contributed by atoms with E-state index in [1.165, 1.54) is 0 Å². The highest BCUT2D eigenvalue weighted by atomic mass is 16.6. The molecule has 0 bridgehead atoms. The summed E-state index contributed by atoms with van der Waals surface area (Å²) in [6.07, 6.45) is 2.39. The van der Waals surface area contributed by atoms with E-state index in [0.717, 1.165) is 18.4 Å². The first-order valence-electron chi connectivity index (χ1n) is 8.48. The van der Waals surface area contributed by atoms with Crippen molar-refractivity contribution < 1.29 is 19.1 Å². The molecule has 1 aromatic carbocycles. The Kier molecular flexibility index (Phi) is 4.28. The fourth-order valence-electron chi connectivity index (χ4n) is 3.14. The fraction of sp³-hybridized carbons (Fsp3) is 0.579. The molecule has 130 valence electrons. The number of esters is 1. The van der Waals surface area contributed by atoms with Crippen LogP contribution in [0.2, 0.25) is 0 Å². The second kappa shape index (κ2) is 6.11. The Morgan fingerprint density at radius 3 is 2.46 bits per heavy atom. The third-order valence-electron chi connectivity index (χ3n) is 4.59. The van der Waals surface area contributed by atoms with Gasteiger partial charge in [-0.25, -0.2) is 9.59 Å². The van der Waals surface area contributed by atoms with Crippen LogP contribution in [0.15, 0.2) is 30.3 Å². The molecule has 1 saturated carbocycles. The van der Waals surface area contributed by atoms with Crippen LogP contribution in [-0.4, -0.2) is 35.2 Å². The lowest BCUT2D eigenvalue weighted by Crippen LogP contribution is -2.44. The number of rotatable bonds is 3. The number of likely N-dealkylation sites (tertiary alicyclic amines) is 1. The highest BCUT2D eigenvalue weighted by Crippen LogP contribution is 2.55. The van der Waals surface area contributed by atoms with Gasteiger partial charge in [0.25, 0.3) is 0 Å². The molecule has 0 N–H and O–H groups in total. The van der Waals surface area contributed by atoms with E-state index in [1.807, 2.05) is 51.1 Å². The average Bonchev–Trinajstić information content (AvgIpc) is 3.14. The minimum absolute atomic E-state index is 0.105. The minimum Gasteiger partial charge on any atom is -0.459 e. The van der Waals surface area contributed by atoms with E-state index in [9.17, 15) is 9.59 Å². The summed E-state index contributed by atoms with van der Waals surface area (Å²) >= 11 is 0. The lowest BCUT2D eigenvalue weighted by atomic mass is 10.0. The molecule has 1 aliphatic heterocycles. The van der Waals surface area contributed by atoms with Crippen molar-refractivity contribution in [3.63, 3.8) is 0 Å². The number of benzene rings is 1. The van der Waals surface area contributed by atoms with E-state index in [-0.39, 0.29) is 18.0 Å². The molecule has 1 spiro atoms. The Balaban J connectivity index is 1.65. The molecule has 0 aromatic heterocycles. The molecule has 1 aliphatic carbocycles. The summed E-state index contributed by atoms with van der Waals surface area (Å²) in [5.41, 5.74) is 0.469. The number of carbonyl (C=O) groups is 2. The fourth-order valence-corrected chi connectivity index (χ4v) is 3.14. The molecule has 5 nitrogen and oxygen atoms in total. The average molecular weight is 331 g/mol. The van der Waals surface area contributed by atoms with Crippen molar-refractivity contribution in [1.82, 2.24) is 4.90 Å². The van der Waals surface area contributed by atoms with Gasteiger partial charge in [-0.05, 0) is 51.0 Å². The number of nitrogens with zero attached hydrogens (tertiary/aromatic N) is 1. The monoisotopic (exact) mass is 331 g/mol. The van der Waals surface area contributed by atoms with Crippen LogP contribution in [0.5, 0.6) is 0 Å². The largest absolute Gasteiger partial charge is 0.459 e. The zero-order valence-corrected chi connectivity index (χ0v) is 14.6. The second-order valence-electron chi connectivity index (χ2n) is 7.92. The molecule has 0 radical (unpaired) electrons. The van der Waals surface area contributed by atoms with E-state index in [2.05, 4.69) is 0 Å². The molecule has 1 heterocycles. The zero-order chi connectivity index (χ0) is 17.4. The van der Waals surface area contributed by atoms with Crippen molar-refractivity contribution in [3.8, 4) is 0 Å². The van der Waals surface area contributed by atoms with Crippen LogP contribution >= 0.6 is 0 Å². The van der Waals surface area contributed by atoms with Crippen molar-refractivity contribution in [2.45, 2.75) is 58.3 Å². The second-order valence-corrected chi connectivity index (χ2v) is 7.92. The van der Waals surface area contributed by atoms with Crippen molar-refractivity contribution in [2.24, 2.45) is 5.41 Å². The first-order chi connectivity index (χ1) is 11.3. The maximum atomic E-state index is 12.5. The zero-order valence-electron chi connectivity index (χ0n) is 14.6. The lowest BCUT2D eigenvalue weighted by Gasteiger charge is -2.27. The predicted molar refractivity (Wildman–Crippen MR) is 89.3 cm³/mol. The Bertz CT molecular complexity index is 616. The van der Waals surface area contributed by atoms with Crippen molar-refractivity contribution in [2.75, 3.05) is 6.54 Å². The topological polar surface area (TPSA) is 55.8 Å². The maximum Gasteiger partial charge on any atom is 0.411 e. The van der Waals surface area contributed by atoms with E-state index < -0.39 is 17.7 Å². The van der Waals surface area contributed by atoms with E-state index in [4.69, 9.17) is 9.47 Å². The first-order valence-corrected chi connectivity index (χ1v) is 8.48. The number of amides is 1. The van der Waals surface area contributed by atoms with Gasteiger partial charge in [0.05, 0.1) is 0 Å². The van der Waals surface area contributed by atoms with Gasteiger partial charge in [0, 0.05) is 6.54 Å². The van der Waals surface area contributed by atoms with Gasteiger partial charge in [-0.3, -0.25) is 4.90 Å². The van der Waals surface area contributed by atoms with Gasteiger partial charge in [0.15, 0.2) is 0 Å². The van der Waals surface area contributed by atoms with Gasteiger partial charge in [-0.15, -0.1) is 0 Å². The minimum atomic E-state index is -0.575. The van der Waals surface area contributed by atoms with Gasteiger partial charge in [0.1, 0.15) is 18.2 Å². The van der Waals surface area contributed by atoms with E-state index >= 15 is 0 Å². The number of hydrogen-bond donors (Lipinski definition) is 0. The van der Waals surface area contributed by atoms with E-state index in [1.54, 1.807) is 4.90 Å². The summed E-state index contributed by atoms with van der Waals surface area (Å²) in [6.45, 7) is 6.31. The summed E-state index contributed by atoms with van der Waals surface area (Å²) < 4.78 is 10.9. The molecule has 1 amide bonds. The van der Waals surface area contributed by atoms with Gasteiger partial charge in [-0.1, -0.05) is 30.3 Å². The quantitative estimate of drug-likeness (QED) is 0.795. The van der Waals surface area contributed by atoms with Crippen LogP contribution in [0.1, 0.15) is 45.6 Å². The third-order valence-corrected chi connectivity index (χ3v) is 4.59. The highest BCUT2D eigenvalue weighted by Gasteiger charge is 2.56. The standard InChI is InChI=1S/C19H25NO4/c1-18(2,3)24-17(22)20-13-19(9-10-19)11-15(20)16(21)23-12-14-7-5-4-6-8-14/h4-8,15H,9-13H2,1-3H3/t15-/m0/s1. The van der Waals surface area contributed by atoms with Crippen LogP contribution < -0.4 is 0 Å². The summed E-state index contributed by atoms with van der Waals surface area (Å²) in [5.74, 6) is -0.339. The van der Waals surface area contributed by atoms with Crippen LogP contribution in [-0.2, 0) is 20.9 Å². The van der Waals surface area contributed by atoms with Crippen molar-refractivity contribution in [3.05, 3.63) is 35.9 Å². The Hall–Kier alpha value is -2.04. The van der Waals surface area contributed by atoms with Gasteiger partial charge in [0.2, 0.25) is 0 Å². The molecule has 5 heteroatoms. The van der Waals surface area contributed by atoms with Crippen molar-refractivity contribution in [1.29, 1.82) is 0 Å². The van der Waals surface area contributed by atoms with Gasteiger partial charge in [-0.2, -0.15) is 0 Å². The van der Waals surface area contributed by atoms with Crippen molar-refractivity contribution >= 4 is 12.1 Å². The van der Waals surface area contributed by atoms with Crippen LogP contribution in [0.25, 0.3) is 0 Å². The maximum absolute atomic E-state index is 12.5. The lowest BCUT2D eigenvalue weighted by molar-refractivity contribution is -0.150. The SMILES string of the molecule is CC(C)(C)OC(=O)N1CC2(CC2)C[C@H]1C(=O)OCc1ccccc1. The molecule has 1 aromatic rings. The van der Waals surface area contributed by atoms with Crippen LogP contribution in [0, 0.1) is 5.41 Å². The van der Waals surface area contributed by atoms with Crippen LogP contribution in [0.3, 0.4) is 0 Å². The molecule has 1 atom stereocenters. The number of carbonyl (C=O) groups excluding carboxylic acids is 2. The Morgan fingerprint density at radius 2 is 1.88 bits per heavy atom. The summed E-state index contributed by atoms with van der Waals surface area (Å²) in [6, 6.07) is 9.02. The van der Waals surface area contributed by atoms with Crippen LogP contribution in [0.4, 0.5) is 4.79 Å². The highest BCUT2D eigenvalue weighted by molar-refractivity contribution is 5.82. The molecule has 2 aliphatic rings. The summed E-state index contributed by atoms with van der Waals surface area (Å²) in [7, 11) is 0. The predicted octanol–water partition coefficient (Wildman–Crippen LogP) is 3.52. The third kappa shape index (κ3) is 3.89. The molecule has 0 unspecified atom stereocenters. The molecule has 1 saturated heterocycles. The Morgan fingerprint density at radius 1 is 1.21 bits per heavy atom. The molecule has 2 fully saturated rings. The molecule has 3 rings (SSSR count). The molecular weight excluding hydrogens is 306 g/mol. The summed E-state index contributed by atoms with van der Waals surface area (Å²) in [5, 5.41) is 0. The van der Waals surface area contributed by atoms with Gasteiger partial charge >= 0.3 is 12.1 Å². The molecular formula is C19H25NO4. The van der Waals surface area contributed by atoms with Gasteiger partial charge < -0.3 is 9.47 Å². The number of ether oxygens (including phenoxy) is 2. The summed E-state index contributed by atoms with van der Waals surface area (Å²) in [4.78, 5) is 26.6. The number of hydrogen-bond acceptors (Lipinski definition) is 4. The Labute approximate surface area is 142 Å². The normalized spacial score (nSPS) is 21.6. The molecule has 24 heavy (non-hydrogen) atoms.